The molecule has 0 aliphatic rings. The average molecular weight is 252 g/mol. The molecule has 2 aromatic rings. The summed E-state index contributed by atoms with van der Waals surface area (Å²) in [5.74, 6) is 1.43. The Morgan fingerprint density at radius 3 is 2.74 bits per heavy atom. The second-order valence-corrected chi connectivity index (χ2v) is 3.96. The van der Waals surface area contributed by atoms with Crippen LogP contribution < -0.4 is 4.74 Å². The van der Waals surface area contributed by atoms with Crippen LogP contribution in [0.15, 0.2) is 61.8 Å². The second kappa shape index (κ2) is 6.50. The van der Waals surface area contributed by atoms with Crippen LogP contribution >= 0.6 is 0 Å². The summed E-state index contributed by atoms with van der Waals surface area (Å²) >= 11 is 0. The SMILES string of the molecule is C=CCOc1ccccc1-c1nccc(CC=C)n1. The van der Waals surface area contributed by atoms with Crippen LogP contribution in [-0.4, -0.2) is 16.6 Å². The molecule has 0 saturated heterocycles. The Kier molecular flexibility index (Phi) is 4.45. The fraction of sp³-hybridized carbons (Fsp3) is 0.125. The lowest BCUT2D eigenvalue weighted by atomic mass is 10.2. The van der Waals surface area contributed by atoms with Crippen LogP contribution in [-0.2, 0) is 6.42 Å². The fourth-order valence-corrected chi connectivity index (χ4v) is 1.71. The molecule has 19 heavy (non-hydrogen) atoms. The van der Waals surface area contributed by atoms with Gasteiger partial charge in [0.05, 0.1) is 5.56 Å². The highest BCUT2D eigenvalue weighted by atomic mass is 16.5. The van der Waals surface area contributed by atoms with Crippen LogP contribution in [0.5, 0.6) is 5.75 Å². The third kappa shape index (κ3) is 3.28. The number of rotatable bonds is 6. The Bertz CT molecular complexity index is 578. The smallest absolute Gasteiger partial charge is 0.163 e. The Hall–Kier alpha value is -2.42. The van der Waals surface area contributed by atoms with Crippen molar-refractivity contribution in [1.29, 1.82) is 0 Å². The standard InChI is InChI=1S/C16H16N2O/c1-3-7-13-10-11-17-16(18-13)14-8-5-6-9-15(14)19-12-4-2/h3-6,8-11H,1-2,7,12H2. The molecule has 0 fully saturated rings. The third-order valence-corrected chi connectivity index (χ3v) is 2.55. The molecule has 0 spiro atoms. The molecule has 0 atom stereocenters. The van der Waals surface area contributed by atoms with Gasteiger partial charge in [-0.1, -0.05) is 30.9 Å². The highest BCUT2D eigenvalue weighted by Gasteiger charge is 2.08. The van der Waals surface area contributed by atoms with Crippen LogP contribution in [0.4, 0.5) is 0 Å². The predicted octanol–water partition coefficient (Wildman–Crippen LogP) is 3.44. The summed E-state index contributed by atoms with van der Waals surface area (Å²) in [5, 5.41) is 0. The maximum absolute atomic E-state index is 5.62. The quantitative estimate of drug-likeness (QED) is 0.739. The van der Waals surface area contributed by atoms with E-state index in [4.69, 9.17) is 4.74 Å². The van der Waals surface area contributed by atoms with Crippen molar-refractivity contribution in [3.63, 3.8) is 0 Å². The van der Waals surface area contributed by atoms with Crippen molar-refractivity contribution in [3.05, 3.63) is 67.5 Å². The summed E-state index contributed by atoms with van der Waals surface area (Å²) in [6.45, 7) is 7.83. The van der Waals surface area contributed by atoms with Crippen LogP contribution in [0, 0.1) is 0 Å². The molecule has 0 radical (unpaired) electrons. The third-order valence-electron chi connectivity index (χ3n) is 2.55. The molecule has 0 unspecified atom stereocenters. The first-order chi connectivity index (χ1) is 9.35. The van der Waals surface area contributed by atoms with E-state index in [0.717, 1.165) is 23.4 Å². The van der Waals surface area contributed by atoms with Gasteiger partial charge in [0.25, 0.3) is 0 Å². The maximum atomic E-state index is 5.62. The van der Waals surface area contributed by atoms with Crippen molar-refractivity contribution < 1.29 is 4.74 Å². The van der Waals surface area contributed by atoms with E-state index in [1.165, 1.54) is 0 Å². The van der Waals surface area contributed by atoms with E-state index >= 15 is 0 Å². The van der Waals surface area contributed by atoms with Crippen molar-refractivity contribution in [2.24, 2.45) is 0 Å². The molecule has 96 valence electrons. The predicted molar refractivity (Wildman–Crippen MR) is 77.1 cm³/mol. The lowest BCUT2D eigenvalue weighted by molar-refractivity contribution is 0.364. The first-order valence-corrected chi connectivity index (χ1v) is 6.11. The van der Waals surface area contributed by atoms with Crippen LogP contribution in [0.25, 0.3) is 11.4 Å². The van der Waals surface area contributed by atoms with Gasteiger partial charge in [-0.25, -0.2) is 9.97 Å². The van der Waals surface area contributed by atoms with Gasteiger partial charge in [-0.3, -0.25) is 0 Å². The van der Waals surface area contributed by atoms with Crippen molar-refractivity contribution in [2.45, 2.75) is 6.42 Å². The maximum Gasteiger partial charge on any atom is 0.163 e. The molecular formula is C16H16N2O. The van der Waals surface area contributed by atoms with E-state index < -0.39 is 0 Å². The van der Waals surface area contributed by atoms with Crippen molar-refractivity contribution in [2.75, 3.05) is 6.61 Å². The molecule has 3 heteroatoms. The Labute approximate surface area is 113 Å². The van der Waals surface area contributed by atoms with E-state index in [-0.39, 0.29) is 0 Å². The number of hydrogen-bond donors (Lipinski definition) is 0. The van der Waals surface area contributed by atoms with E-state index in [9.17, 15) is 0 Å². The van der Waals surface area contributed by atoms with Gasteiger partial charge in [-0.15, -0.1) is 6.58 Å². The van der Waals surface area contributed by atoms with Crippen LogP contribution in [0.2, 0.25) is 0 Å². The van der Waals surface area contributed by atoms with Gasteiger partial charge in [0.1, 0.15) is 12.4 Å². The molecule has 1 aromatic heterocycles. The molecule has 0 aliphatic carbocycles. The normalized spacial score (nSPS) is 9.89. The number of ether oxygens (including phenoxy) is 1. The van der Waals surface area contributed by atoms with Crippen molar-refractivity contribution in [1.82, 2.24) is 9.97 Å². The lowest BCUT2D eigenvalue weighted by Gasteiger charge is -2.09. The number of hydrogen-bond acceptors (Lipinski definition) is 3. The van der Waals surface area contributed by atoms with Crippen molar-refractivity contribution >= 4 is 0 Å². The van der Waals surface area contributed by atoms with Gasteiger partial charge in [-0.2, -0.15) is 0 Å². The van der Waals surface area contributed by atoms with Crippen LogP contribution in [0.3, 0.4) is 0 Å². The number of para-hydroxylation sites is 1. The molecule has 0 bridgehead atoms. The van der Waals surface area contributed by atoms with E-state index in [1.807, 2.05) is 36.4 Å². The highest BCUT2D eigenvalue weighted by Crippen LogP contribution is 2.27. The Balaban J connectivity index is 2.37. The molecule has 0 N–H and O–H groups in total. The molecule has 0 amide bonds. The molecule has 1 aromatic carbocycles. The average Bonchev–Trinajstić information content (AvgIpc) is 2.46. The number of allylic oxidation sites excluding steroid dienone is 1. The number of aromatic nitrogens is 2. The number of benzene rings is 1. The zero-order valence-corrected chi connectivity index (χ0v) is 10.7. The Morgan fingerprint density at radius 2 is 1.95 bits per heavy atom. The molecular weight excluding hydrogens is 236 g/mol. The fourth-order valence-electron chi connectivity index (χ4n) is 1.71. The van der Waals surface area contributed by atoms with E-state index in [2.05, 4.69) is 23.1 Å². The summed E-state index contributed by atoms with van der Waals surface area (Å²) in [6, 6.07) is 9.61. The topological polar surface area (TPSA) is 35.0 Å². The monoisotopic (exact) mass is 252 g/mol. The highest BCUT2D eigenvalue weighted by molar-refractivity contribution is 5.63. The number of nitrogens with zero attached hydrogens (tertiary/aromatic N) is 2. The van der Waals surface area contributed by atoms with Gasteiger partial charge in [-0.05, 0) is 18.2 Å². The largest absolute Gasteiger partial charge is 0.489 e. The zero-order chi connectivity index (χ0) is 13.5. The minimum atomic E-state index is 0.462. The first kappa shape index (κ1) is 13.0. The minimum absolute atomic E-state index is 0.462. The summed E-state index contributed by atoms with van der Waals surface area (Å²) in [7, 11) is 0. The summed E-state index contributed by atoms with van der Waals surface area (Å²) < 4.78 is 5.62. The molecule has 2 rings (SSSR count). The summed E-state index contributed by atoms with van der Waals surface area (Å²) in [6.07, 6.45) is 6.02. The molecule has 0 aliphatic heterocycles. The zero-order valence-electron chi connectivity index (χ0n) is 10.7. The second-order valence-electron chi connectivity index (χ2n) is 3.96. The van der Waals surface area contributed by atoms with Gasteiger partial charge in [0, 0.05) is 18.3 Å². The minimum Gasteiger partial charge on any atom is -0.489 e. The first-order valence-electron chi connectivity index (χ1n) is 6.11. The molecule has 1 heterocycles. The lowest BCUT2D eigenvalue weighted by Crippen LogP contribution is -1.98. The van der Waals surface area contributed by atoms with Crippen molar-refractivity contribution in [3.8, 4) is 17.1 Å². The van der Waals surface area contributed by atoms with Gasteiger partial charge in [0.2, 0.25) is 0 Å². The molecule has 3 nitrogen and oxygen atoms in total. The summed E-state index contributed by atoms with van der Waals surface area (Å²) in [5.41, 5.74) is 1.83. The van der Waals surface area contributed by atoms with E-state index in [1.54, 1.807) is 12.3 Å². The van der Waals surface area contributed by atoms with Gasteiger partial charge in [0.15, 0.2) is 5.82 Å². The Morgan fingerprint density at radius 1 is 1.11 bits per heavy atom. The van der Waals surface area contributed by atoms with Gasteiger partial charge >= 0.3 is 0 Å². The van der Waals surface area contributed by atoms with Gasteiger partial charge < -0.3 is 4.74 Å². The van der Waals surface area contributed by atoms with E-state index in [0.29, 0.717) is 12.4 Å². The summed E-state index contributed by atoms with van der Waals surface area (Å²) in [4.78, 5) is 8.82. The molecule has 0 saturated carbocycles. The van der Waals surface area contributed by atoms with Crippen LogP contribution in [0.1, 0.15) is 5.69 Å².